The minimum Gasteiger partial charge on any atom is -0.337 e. The predicted octanol–water partition coefficient (Wildman–Crippen LogP) is 0.619. The maximum absolute atomic E-state index is 12.1. The van der Waals surface area contributed by atoms with Crippen LogP contribution in [0.4, 0.5) is 0 Å². The topological polar surface area (TPSA) is 64.2 Å². The molecule has 0 spiro atoms. The summed E-state index contributed by atoms with van der Waals surface area (Å²) in [7, 11) is 1.82. The van der Waals surface area contributed by atoms with Gasteiger partial charge in [-0.1, -0.05) is 0 Å². The Morgan fingerprint density at radius 1 is 1.53 bits per heavy atom. The monoisotopic (exact) mass is 236 g/mol. The van der Waals surface area contributed by atoms with Gasteiger partial charge < -0.3 is 10.6 Å². The first-order chi connectivity index (χ1) is 8.08. The van der Waals surface area contributed by atoms with Crippen LogP contribution in [0, 0.1) is 5.92 Å². The van der Waals surface area contributed by atoms with Crippen molar-refractivity contribution in [1.29, 1.82) is 0 Å². The molecule has 1 fully saturated rings. The highest BCUT2D eigenvalue weighted by Crippen LogP contribution is 2.20. The molecule has 1 aliphatic heterocycles. The van der Waals surface area contributed by atoms with Crippen LogP contribution in [-0.4, -0.2) is 39.7 Å². The lowest BCUT2D eigenvalue weighted by Gasteiger charge is -2.33. The van der Waals surface area contributed by atoms with Crippen molar-refractivity contribution in [3.63, 3.8) is 0 Å². The van der Waals surface area contributed by atoms with Crippen molar-refractivity contribution in [2.24, 2.45) is 18.7 Å². The molecule has 5 heteroatoms. The average Bonchev–Trinajstić information content (AvgIpc) is 2.75. The maximum atomic E-state index is 12.1. The van der Waals surface area contributed by atoms with E-state index in [1.165, 1.54) is 0 Å². The first-order valence-electron chi connectivity index (χ1n) is 6.12. The average molecular weight is 236 g/mol. The van der Waals surface area contributed by atoms with E-state index in [4.69, 9.17) is 5.73 Å². The highest BCUT2D eigenvalue weighted by molar-refractivity contribution is 5.92. The van der Waals surface area contributed by atoms with Crippen molar-refractivity contribution in [2.75, 3.05) is 13.1 Å². The second-order valence-electron chi connectivity index (χ2n) is 4.86. The van der Waals surface area contributed by atoms with E-state index in [1.807, 2.05) is 18.9 Å². The third kappa shape index (κ3) is 2.66. The minimum absolute atomic E-state index is 0.0359. The molecule has 0 aromatic carbocycles. The van der Waals surface area contributed by atoms with Crippen LogP contribution in [0.1, 0.15) is 30.3 Å². The van der Waals surface area contributed by atoms with Crippen LogP contribution in [0.2, 0.25) is 0 Å². The van der Waals surface area contributed by atoms with E-state index in [0.717, 1.165) is 25.9 Å². The molecule has 0 saturated carbocycles. The molecule has 1 amide bonds. The van der Waals surface area contributed by atoms with E-state index in [0.29, 0.717) is 11.6 Å². The Morgan fingerprint density at radius 2 is 2.18 bits per heavy atom. The van der Waals surface area contributed by atoms with Gasteiger partial charge in [0.05, 0.1) is 0 Å². The Hall–Kier alpha value is -1.36. The molecular formula is C12H20N4O. The van der Waals surface area contributed by atoms with Gasteiger partial charge in [-0.3, -0.25) is 9.48 Å². The van der Waals surface area contributed by atoms with Crippen LogP contribution in [0.3, 0.4) is 0 Å². The molecule has 0 aliphatic carbocycles. The van der Waals surface area contributed by atoms with Gasteiger partial charge in [0.15, 0.2) is 0 Å². The van der Waals surface area contributed by atoms with Crippen LogP contribution < -0.4 is 5.73 Å². The third-order valence-corrected chi connectivity index (χ3v) is 3.50. The molecule has 1 aromatic rings. The number of hydrogen-bond acceptors (Lipinski definition) is 3. The van der Waals surface area contributed by atoms with E-state index in [9.17, 15) is 4.79 Å². The summed E-state index contributed by atoms with van der Waals surface area (Å²) in [6, 6.07) is 1.99. The fourth-order valence-electron chi connectivity index (χ4n) is 2.32. The summed E-state index contributed by atoms with van der Waals surface area (Å²) in [4.78, 5) is 14.0. The summed E-state index contributed by atoms with van der Waals surface area (Å²) < 4.78 is 1.65. The number of amides is 1. The molecule has 1 atom stereocenters. The maximum Gasteiger partial charge on any atom is 0.274 e. The number of nitrogens with two attached hydrogens (primary N) is 1. The second-order valence-corrected chi connectivity index (χ2v) is 4.86. The van der Waals surface area contributed by atoms with Crippen molar-refractivity contribution in [3.8, 4) is 0 Å². The van der Waals surface area contributed by atoms with Crippen molar-refractivity contribution in [3.05, 3.63) is 18.0 Å². The summed E-state index contributed by atoms with van der Waals surface area (Å²) in [5.41, 5.74) is 6.42. The number of piperidine rings is 1. The fraction of sp³-hybridized carbons (Fsp3) is 0.667. The summed E-state index contributed by atoms with van der Waals surface area (Å²) in [5, 5.41) is 4.14. The molecule has 1 aliphatic rings. The highest BCUT2D eigenvalue weighted by Gasteiger charge is 2.26. The second kappa shape index (κ2) is 4.87. The molecule has 5 nitrogen and oxygen atoms in total. The zero-order valence-corrected chi connectivity index (χ0v) is 10.5. The number of carbonyl (C=O) groups excluding carboxylic acids is 1. The number of nitrogens with zero attached hydrogens (tertiary/aromatic N) is 3. The third-order valence-electron chi connectivity index (χ3n) is 3.50. The summed E-state index contributed by atoms with van der Waals surface area (Å²) in [6.07, 6.45) is 3.79. The van der Waals surface area contributed by atoms with Gasteiger partial charge in [0, 0.05) is 32.4 Å². The lowest BCUT2D eigenvalue weighted by molar-refractivity contribution is 0.0674. The van der Waals surface area contributed by atoms with E-state index in [-0.39, 0.29) is 11.9 Å². The van der Waals surface area contributed by atoms with Crippen molar-refractivity contribution < 1.29 is 4.79 Å². The lowest BCUT2D eigenvalue weighted by Crippen LogP contribution is -2.42. The minimum atomic E-state index is 0.0359. The summed E-state index contributed by atoms with van der Waals surface area (Å²) >= 11 is 0. The van der Waals surface area contributed by atoms with Gasteiger partial charge in [-0.2, -0.15) is 5.10 Å². The van der Waals surface area contributed by atoms with Gasteiger partial charge in [-0.15, -0.1) is 0 Å². The van der Waals surface area contributed by atoms with Gasteiger partial charge in [0.2, 0.25) is 0 Å². The van der Waals surface area contributed by atoms with E-state index >= 15 is 0 Å². The number of likely N-dealkylation sites (tertiary alicyclic amines) is 1. The van der Waals surface area contributed by atoms with Gasteiger partial charge in [0.1, 0.15) is 5.69 Å². The van der Waals surface area contributed by atoms with Crippen LogP contribution >= 0.6 is 0 Å². The molecule has 1 aromatic heterocycles. The van der Waals surface area contributed by atoms with Crippen LogP contribution in [0.25, 0.3) is 0 Å². The number of rotatable bonds is 2. The molecule has 2 heterocycles. The number of hydrogen-bond donors (Lipinski definition) is 1. The Balaban J connectivity index is 1.95. The van der Waals surface area contributed by atoms with Crippen LogP contribution in [0.5, 0.6) is 0 Å². The smallest absolute Gasteiger partial charge is 0.274 e. The molecule has 0 bridgehead atoms. The Bertz CT molecular complexity index is 391. The molecule has 94 valence electrons. The van der Waals surface area contributed by atoms with Crippen LogP contribution in [0.15, 0.2) is 12.3 Å². The molecule has 2 N–H and O–H groups in total. The van der Waals surface area contributed by atoms with Crippen molar-refractivity contribution in [2.45, 2.75) is 25.8 Å². The quantitative estimate of drug-likeness (QED) is 0.818. The molecule has 1 saturated heterocycles. The standard InChI is InChI=1S/C12H20N4O/c1-9(13)10-3-7-16(8-4-10)12(17)11-5-6-15(2)14-11/h5-6,9-10H,3-4,7-8,13H2,1-2H3. The number of carbonyl (C=O) groups is 1. The zero-order chi connectivity index (χ0) is 12.4. The Morgan fingerprint density at radius 3 is 2.65 bits per heavy atom. The Labute approximate surface area is 102 Å². The highest BCUT2D eigenvalue weighted by atomic mass is 16.2. The van der Waals surface area contributed by atoms with E-state index in [1.54, 1.807) is 16.9 Å². The molecule has 17 heavy (non-hydrogen) atoms. The van der Waals surface area contributed by atoms with Gasteiger partial charge in [0.25, 0.3) is 5.91 Å². The first-order valence-corrected chi connectivity index (χ1v) is 6.12. The molecule has 2 rings (SSSR count). The van der Waals surface area contributed by atoms with Gasteiger partial charge in [-0.25, -0.2) is 0 Å². The molecule has 0 radical (unpaired) electrons. The summed E-state index contributed by atoms with van der Waals surface area (Å²) in [5.74, 6) is 0.580. The fourth-order valence-corrected chi connectivity index (χ4v) is 2.32. The first kappa shape index (κ1) is 12.1. The molecule has 1 unspecified atom stereocenters. The van der Waals surface area contributed by atoms with Crippen molar-refractivity contribution >= 4 is 5.91 Å². The van der Waals surface area contributed by atoms with E-state index in [2.05, 4.69) is 5.10 Å². The van der Waals surface area contributed by atoms with Gasteiger partial charge in [-0.05, 0) is 31.7 Å². The lowest BCUT2D eigenvalue weighted by atomic mass is 9.91. The predicted molar refractivity (Wildman–Crippen MR) is 65.5 cm³/mol. The van der Waals surface area contributed by atoms with Gasteiger partial charge >= 0.3 is 0 Å². The van der Waals surface area contributed by atoms with Crippen molar-refractivity contribution in [1.82, 2.24) is 14.7 Å². The molecular weight excluding hydrogens is 216 g/mol. The Kier molecular flexibility index (Phi) is 3.47. The zero-order valence-electron chi connectivity index (χ0n) is 10.5. The normalized spacial score (nSPS) is 19.4. The SMILES string of the molecule is CC(N)C1CCN(C(=O)c2ccn(C)n2)CC1. The van der Waals surface area contributed by atoms with E-state index < -0.39 is 0 Å². The largest absolute Gasteiger partial charge is 0.337 e. The summed E-state index contributed by atoms with van der Waals surface area (Å²) in [6.45, 7) is 3.63. The number of aryl methyl sites for hydroxylation is 1. The van der Waals surface area contributed by atoms with Crippen LogP contribution in [-0.2, 0) is 7.05 Å². The number of aromatic nitrogens is 2.